The van der Waals surface area contributed by atoms with Crippen molar-refractivity contribution in [1.29, 1.82) is 0 Å². The van der Waals surface area contributed by atoms with Crippen LogP contribution in [0.5, 0.6) is 0 Å². The van der Waals surface area contributed by atoms with Crippen LogP contribution in [0.25, 0.3) is 0 Å². The third kappa shape index (κ3) is 5.23. The topological polar surface area (TPSA) is 83.6 Å². The summed E-state index contributed by atoms with van der Waals surface area (Å²) in [4.78, 5) is 30.3. The van der Waals surface area contributed by atoms with Crippen LogP contribution in [0.1, 0.15) is 16.8 Å². The van der Waals surface area contributed by atoms with Gasteiger partial charge in [0.15, 0.2) is 0 Å². The molecule has 1 aliphatic heterocycles. The van der Waals surface area contributed by atoms with Gasteiger partial charge in [-0.05, 0) is 24.3 Å². The second-order valence-electron chi connectivity index (χ2n) is 6.18. The lowest BCUT2D eigenvalue weighted by atomic mass is 10.2. The predicted octanol–water partition coefficient (Wildman–Crippen LogP) is 1.96. The fraction of sp³-hybridized carbons (Fsp3) is 0.316. The Morgan fingerprint density at radius 1 is 1.14 bits per heavy atom. The standard InChI is InChI=1S/C19H20F2N4O3/c20-13-1-3-15(16(21)11-13)19(27)22-6-5-18(26)24-14-2-4-17(23-12-14)25-7-9-28-10-8-25/h1-4,11-12H,5-10H2,(H,22,27)(H,24,26). The Labute approximate surface area is 160 Å². The molecule has 0 aliphatic carbocycles. The Bertz CT molecular complexity index is 840. The molecular weight excluding hydrogens is 370 g/mol. The van der Waals surface area contributed by atoms with Gasteiger partial charge in [0, 0.05) is 32.1 Å². The third-order valence-corrected chi connectivity index (χ3v) is 4.18. The van der Waals surface area contributed by atoms with Crippen LogP contribution in [0, 0.1) is 11.6 Å². The SMILES string of the molecule is O=C(CCNC(=O)c1ccc(F)cc1F)Nc1ccc(N2CCOCC2)nc1. The van der Waals surface area contributed by atoms with Crippen molar-refractivity contribution in [3.05, 3.63) is 53.7 Å². The Kier molecular flexibility index (Phi) is 6.49. The van der Waals surface area contributed by atoms with Gasteiger partial charge in [0.2, 0.25) is 5.91 Å². The zero-order chi connectivity index (χ0) is 19.9. The molecular formula is C19H20F2N4O3. The first-order valence-electron chi connectivity index (χ1n) is 8.85. The minimum Gasteiger partial charge on any atom is -0.378 e. The summed E-state index contributed by atoms with van der Waals surface area (Å²) >= 11 is 0. The van der Waals surface area contributed by atoms with E-state index in [0.717, 1.165) is 31.0 Å². The highest BCUT2D eigenvalue weighted by molar-refractivity contribution is 5.95. The molecule has 1 fully saturated rings. The van der Waals surface area contributed by atoms with Crippen LogP contribution >= 0.6 is 0 Å². The monoisotopic (exact) mass is 390 g/mol. The number of hydrogen-bond donors (Lipinski definition) is 2. The Morgan fingerprint density at radius 2 is 1.93 bits per heavy atom. The lowest BCUT2D eigenvalue weighted by Gasteiger charge is -2.27. The van der Waals surface area contributed by atoms with Crippen LogP contribution in [-0.2, 0) is 9.53 Å². The van der Waals surface area contributed by atoms with E-state index in [1.807, 2.05) is 6.07 Å². The van der Waals surface area contributed by atoms with Gasteiger partial charge < -0.3 is 20.3 Å². The van der Waals surface area contributed by atoms with E-state index in [1.54, 1.807) is 12.3 Å². The first-order valence-corrected chi connectivity index (χ1v) is 8.85. The minimum atomic E-state index is -0.951. The molecule has 0 bridgehead atoms. The Hall–Kier alpha value is -3.07. The molecule has 0 spiro atoms. The smallest absolute Gasteiger partial charge is 0.254 e. The highest BCUT2D eigenvalue weighted by Gasteiger charge is 2.14. The van der Waals surface area contributed by atoms with E-state index in [2.05, 4.69) is 20.5 Å². The number of rotatable bonds is 6. The highest BCUT2D eigenvalue weighted by Crippen LogP contribution is 2.15. The molecule has 1 saturated heterocycles. The molecule has 2 amide bonds. The zero-order valence-corrected chi connectivity index (χ0v) is 15.1. The van der Waals surface area contributed by atoms with E-state index in [9.17, 15) is 18.4 Å². The molecule has 1 aliphatic rings. The molecule has 2 heterocycles. The minimum absolute atomic E-state index is 0.000229. The van der Waals surface area contributed by atoms with E-state index < -0.39 is 17.5 Å². The van der Waals surface area contributed by atoms with Crippen molar-refractivity contribution in [3.63, 3.8) is 0 Å². The fourth-order valence-electron chi connectivity index (χ4n) is 2.72. The van der Waals surface area contributed by atoms with Crippen LogP contribution in [0.15, 0.2) is 36.5 Å². The van der Waals surface area contributed by atoms with Crippen molar-refractivity contribution in [3.8, 4) is 0 Å². The summed E-state index contributed by atoms with van der Waals surface area (Å²) in [5.41, 5.74) is 0.266. The van der Waals surface area contributed by atoms with Crippen molar-refractivity contribution in [1.82, 2.24) is 10.3 Å². The maximum absolute atomic E-state index is 13.5. The number of carbonyl (C=O) groups excluding carboxylic acids is 2. The molecule has 9 heteroatoms. The van der Waals surface area contributed by atoms with Crippen molar-refractivity contribution < 1.29 is 23.1 Å². The number of pyridine rings is 1. The summed E-state index contributed by atoms with van der Waals surface area (Å²) in [5.74, 6) is -1.92. The van der Waals surface area contributed by atoms with Gasteiger partial charge >= 0.3 is 0 Å². The van der Waals surface area contributed by atoms with Gasteiger partial charge in [-0.1, -0.05) is 0 Å². The molecule has 1 aromatic carbocycles. The largest absolute Gasteiger partial charge is 0.378 e. The molecule has 2 N–H and O–H groups in total. The molecule has 1 aromatic heterocycles. The molecule has 0 atom stereocenters. The van der Waals surface area contributed by atoms with Gasteiger partial charge in [-0.2, -0.15) is 0 Å². The molecule has 0 saturated carbocycles. The second-order valence-corrected chi connectivity index (χ2v) is 6.18. The van der Waals surface area contributed by atoms with Crippen LogP contribution in [0.4, 0.5) is 20.3 Å². The van der Waals surface area contributed by atoms with Crippen LogP contribution in [0.3, 0.4) is 0 Å². The Balaban J connectivity index is 1.44. The van der Waals surface area contributed by atoms with Crippen LogP contribution < -0.4 is 15.5 Å². The average Bonchev–Trinajstić information content (AvgIpc) is 2.69. The van der Waals surface area contributed by atoms with Crippen molar-refractivity contribution in [2.75, 3.05) is 43.1 Å². The van der Waals surface area contributed by atoms with Crippen molar-refractivity contribution in [2.45, 2.75) is 6.42 Å². The van der Waals surface area contributed by atoms with Gasteiger partial charge in [-0.3, -0.25) is 9.59 Å². The summed E-state index contributed by atoms with van der Waals surface area (Å²) in [7, 11) is 0. The number of carbonyl (C=O) groups is 2. The number of aromatic nitrogens is 1. The summed E-state index contributed by atoms with van der Waals surface area (Å²) in [6.07, 6.45) is 1.56. The molecule has 28 heavy (non-hydrogen) atoms. The molecule has 0 unspecified atom stereocenters. The normalized spacial score (nSPS) is 13.9. The lowest BCUT2D eigenvalue weighted by Crippen LogP contribution is -2.36. The molecule has 0 radical (unpaired) electrons. The molecule has 148 valence electrons. The lowest BCUT2D eigenvalue weighted by molar-refractivity contribution is -0.116. The number of halogens is 2. The molecule has 2 aromatic rings. The van der Waals surface area contributed by atoms with Crippen molar-refractivity contribution in [2.24, 2.45) is 0 Å². The van der Waals surface area contributed by atoms with Gasteiger partial charge in [0.1, 0.15) is 17.5 Å². The second kappa shape index (κ2) is 9.23. The molecule has 3 rings (SSSR count). The molecule has 7 nitrogen and oxygen atoms in total. The number of anilines is 2. The summed E-state index contributed by atoms with van der Waals surface area (Å²) in [6.45, 7) is 2.88. The quantitative estimate of drug-likeness (QED) is 0.788. The maximum Gasteiger partial charge on any atom is 0.254 e. The first-order chi connectivity index (χ1) is 13.5. The van der Waals surface area contributed by atoms with E-state index in [1.165, 1.54) is 0 Å². The number of hydrogen-bond acceptors (Lipinski definition) is 5. The summed E-state index contributed by atoms with van der Waals surface area (Å²) < 4.78 is 31.7. The van der Waals surface area contributed by atoms with Gasteiger partial charge in [0.05, 0.1) is 30.7 Å². The third-order valence-electron chi connectivity index (χ3n) is 4.18. The number of nitrogens with zero attached hydrogens (tertiary/aromatic N) is 2. The van der Waals surface area contributed by atoms with Gasteiger partial charge in [-0.25, -0.2) is 13.8 Å². The van der Waals surface area contributed by atoms with Gasteiger partial charge in [0.25, 0.3) is 5.91 Å². The van der Waals surface area contributed by atoms with E-state index in [4.69, 9.17) is 4.74 Å². The van der Waals surface area contributed by atoms with Crippen molar-refractivity contribution >= 4 is 23.3 Å². The number of amides is 2. The number of nitrogens with one attached hydrogen (secondary N) is 2. The Morgan fingerprint density at radius 3 is 2.61 bits per heavy atom. The van der Waals surface area contributed by atoms with E-state index in [-0.39, 0.29) is 24.4 Å². The fourth-order valence-corrected chi connectivity index (χ4v) is 2.72. The zero-order valence-electron chi connectivity index (χ0n) is 15.1. The number of benzene rings is 1. The van der Waals surface area contributed by atoms with Crippen LogP contribution in [0.2, 0.25) is 0 Å². The maximum atomic E-state index is 13.5. The predicted molar refractivity (Wildman–Crippen MR) is 99.2 cm³/mol. The average molecular weight is 390 g/mol. The summed E-state index contributed by atoms with van der Waals surface area (Å²) in [5, 5.41) is 5.12. The van der Waals surface area contributed by atoms with Gasteiger partial charge in [-0.15, -0.1) is 0 Å². The summed E-state index contributed by atoms with van der Waals surface area (Å²) in [6, 6.07) is 6.26. The van der Waals surface area contributed by atoms with Crippen LogP contribution in [-0.4, -0.2) is 49.6 Å². The highest BCUT2D eigenvalue weighted by atomic mass is 19.1. The number of ether oxygens (including phenoxy) is 1. The number of morpholine rings is 1. The van der Waals surface area contributed by atoms with E-state index in [0.29, 0.717) is 25.0 Å². The first kappa shape index (κ1) is 19.7. The van der Waals surface area contributed by atoms with E-state index >= 15 is 0 Å².